The van der Waals surface area contributed by atoms with Gasteiger partial charge in [-0.15, -0.1) is 0 Å². The zero-order chi connectivity index (χ0) is 18.2. The number of rotatable bonds is 10. The Hall–Kier alpha value is -2.37. The maximum absolute atomic E-state index is 11.9. The predicted molar refractivity (Wildman–Crippen MR) is 90.3 cm³/mol. The van der Waals surface area contributed by atoms with Crippen LogP contribution in [0.15, 0.2) is 24.3 Å². The van der Waals surface area contributed by atoms with E-state index in [0.29, 0.717) is 37.2 Å². The molecule has 6 nitrogen and oxygen atoms in total. The summed E-state index contributed by atoms with van der Waals surface area (Å²) in [6.07, 6.45) is 1.68. The Balaban J connectivity index is 2.42. The number of ether oxygens (including phenoxy) is 1. The smallest absolute Gasteiger partial charge is 0.329 e. The lowest BCUT2D eigenvalue weighted by molar-refractivity contribution is -0.147. The van der Waals surface area contributed by atoms with Crippen LogP contribution < -0.4 is 10.1 Å². The van der Waals surface area contributed by atoms with Crippen molar-refractivity contribution in [2.45, 2.75) is 52.0 Å². The van der Waals surface area contributed by atoms with Crippen LogP contribution in [0.3, 0.4) is 0 Å². The van der Waals surface area contributed by atoms with Gasteiger partial charge in [0.05, 0.1) is 6.61 Å². The Morgan fingerprint density at radius 2 is 2.00 bits per heavy atom. The van der Waals surface area contributed by atoms with Crippen LogP contribution in [-0.2, 0) is 9.59 Å². The van der Waals surface area contributed by atoms with Crippen molar-refractivity contribution < 1.29 is 24.2 Å². The van der Waals surface area contributed by atoms with Gasteiger partial charge in [-0.1, -0.05) is 25.5 Å². The van der Waals surface area contributed by atoms with E-state index in [4.69, 9.17) is 4.74 Å². The summed E-state index contributed by atoms with van der Waals surface area (Å²) in [5, 5.41) is 11.8. The van der Waals surface area contributed by atoms with Gasteiger partial charge in [-0.25, -0.2) is 4.79 Å². The molecular weight excluding hydrogens is 310 g/mol. The molecule has 0 fully saturated rings. The van der Waals surface area contributed by atoms with Gasteiger partial charge in [0, 0.05) is 12.0 Å². The van der Waals surface area contributed by atoms with Crippen LogP contribution in [0.25, 0.3) is 0 Å². The summed E-state index contributed by atoms with van der Waals surface area (Å²) in [6.45, 7) is 5.18. The molecule has 2 N–H and O–H groups in total. The van der Waals surface area contributed by atoms with Crippen LogP contribution in [0.4, 0.5) is 0 Å². The van der Waals surface area contributed by atoms with Gasteiger partial charge in [0.2, 0.25) is 5.91 Å². The number of Topliss-reactive ketones (excluding diaryl/α,β-unsaturated/α-hetero) is 1. The number of carboxylic acids is 1. The molecule has 1 aromatic rings. The molecule has 1 amide bonds. The lowest BCUT2D eigenvalue weighted by Crippen LogP contribution is -2.52. The Morgan fingerprint density at radius 1 is 1.29 bits per heavy atom. The van der Waals surface area contributed by atoms with Gasteiger partial charge in [-0.05, 0) is 38.8 Å². The summed E-state index contributed by atoms with van der Waals surface area (Å²) in [5.74, 6) is -0.808. The highest BCUT2D eigenvalue weighted by atomic mass is 16.5. The van der Waals surface area contributed by atoms with Crippen molar-refractivity contribution in [3.05, 3.63) is 29.8 Å². The quantitative estimate of drug-likeness (QED) is 0.506. The third kappa shape index (κ3) is 6.02. The van der Waals surface area contributed by atoms with Gasteiger partial charge < -0.3 is 15.2 Å². The predicted octanol–water partition coefficient (Wildman–Crippen LogP) is 2.81. The van der Waals surface area contributed by atoms with Crippen LogP contribution in [-0.4, -0.2) is 34.9 Å². The standard InChI is InChI=1S/C18H25NO5/c1-4-10-18(3,17(22)23)19-16(21)9-6-11-24-15-8-5-7-14(12-15)13(2)20/h5,7-8,12H,4,6,9-11H2,1-3H3,(H,19,21)(H,22,23). The van der Waals surface area contributed by atoms with Gasteiger partial charge in [0.1, 0.15) is 11.3 Å². The molecule has 1 unspecified atom stereocenters. The van der Waals surface area contributed by atoms with Crippen molar-refractivity contribution in [3.8, 4) is 5.75 Å². The lowest BCUT2D eigenvalue weighted by atomic mass is 9.96. The van der Waals surface area contributed by atoms with Crippen LogP contribution in [0.1, 0.15) is 56.8 Å². The minimum absolute atomic E-state index is 0.0382. The first-order valence-corrected chi connectivity index (χ1v) is 8.06. The largest absolute Gasteiger partial charge is 0.494 e. The van der Waals surface area contributed by atoms with Crippen molar-refractivity contribution in [1.29, 1.82) is 0 Å². The molecule has 1 aromatic carbocycles. The normalized spacial score (nSPS) is 13.0. The molecule has 0 saturated carbocycles. The van der Waals surface area contributed by atoms with Crippen molar-refractivity contribution in [2.24, 2.45) is 0 Å². The second-order valence-electron chi connectivity index (χ2n) is 5.97. The third-order valence-electron chi connectivity index (χ3n) is 3.69. The molecule has 0 aliphatic rings. The van der Waals surface area contributed by atoms with Gasteiger partial charge in [0.15, 0.2) is 5.78 Å². The van der Waals surface area contributed by atoms with Crippen molar-refractivity contribution in [2.75, 3.05) is 6.61 Å². The Morgan fingerprint density at radius 3 is 2.58 bits per heavy atom. The lowest BCUT2D eigenvalue weighted by Gasteiger charge is -2.25. The maximum Gasteiger partial charge on any atom is 0.329 e. The van der Waals surface area contributed by atoms with E-state index in [9.17, 15) is 19.5 Å². The van der Waals surface area contributed by atoms with E-state index in [0.717, 1.165) is 0 Å². The van der Waals surface area contributed by atoms with E-state index in [1.54, 1.807) is 24.3 Å². The summed E-state index contributed by atoms with van der Waals surface area (Å²) >= 11 is 0. The zero-order valence-corrected chi connectivity index (χ0v) is 14.4. The van der Waals surface area contributed by atoms with Crippen LogP contribution in [0.2, 0.25) is 0 Å². The molecule has 0 saturated heterocycles. The highest BCUT2D eigenvalue weighted by molar-refractivity contribution is 5.94. The molecule has 0 aliphatic carbocycles. The summed E-state index contributed by atoms with van der Waals surface area (Å²) < 4.78 is 5.52. The minimum atomic E-state index is -1.23. The molecule has 0 aliphatic heterocycles. The summed E-state index contributed by atoms with van der Waals surface area (Å²) in [4.78, 5) is 34.5. The SMILES string of the molecule is CCCC(C)(NC(=O)CCCOc1cccc(C(C)=O)c1)C(=O)O. The average Bonchev–Trinajstić information content (AvgIpc) is 2.52. The first kappa shape index (κ1) is 19.7. The van der Waals surface area contributed by atoms with Crippen molar-refractivity contribution >= 4 is 17.7 Å². The number of carbonyl (C=O) groups excluding carboxylic acids is 2. The first-order chi connectivity index (χ1) is 11.3. The Kier molecular flexibility index (Phi) is 7.42. The number of amides is 1. The van der Waals surface area contributed by atoms with E-state index in [1.165, 1.54) is 13.8 Å². The summed E-state index contributed by atoms with van der Waals surface area (Å²) in [5.41, 5.74) is -0.662. The second-order valence-corrected chi connectivity index (χ2v) is 5.97. The molecule has 0 bridgehead atoms. The topological polar surface area (TPSA) is 92.7 Å². The van der Waals surface area contributed by atoms with E-state index in [2.05, 4.69) is 5.32 Å². The molecule has 0 spiro atoms. The summed E-state index contributed by atoms with van der Waals surface area (Å²) in [7, 11) is 0. The monoisotopic (exact) mass is 335 g/mol. The van der Waals surface area contributed by atoms with Gasteiger partial charge in [0.25, 0.3) is 0 Å². The average molecular weight is 335 g/mol. The minimum Gasteiger partial charge on any atom is -0.494 e. The number of hydrogen-bond donors (Lipinski definition) is 2. The van der Waals surface area contributed by atoms with E-state index in [1.807, 2.05) is 6.92 Å². The highest BCUT2D eigenvalue weighted by Gasteiger charge is 2.33. The van der Waals surface area contributed by atoms with Crippen LogP contribution >= 0.6 is 0 Å². The zero-order valence-electron chi connectivity index (χ0n) is 14.4. The van der Waals surface area contributed by atoms with Crippen LogP contribution in [0, 0.1) is 0 Å². The Bertz CT molecular complexity index is 599. The van der Waals surface area contributed by atoms with E-state index < -0.39 is 11.5 Å². The van der Waals surface area contributed by atoms with Crippen molar-refractivity contribution in [1.82, 2.24) is 5.32 Å². The fourth-order valence-electron chi connectivity index (χ4n) is 2.32. The fraction of sp³-hybridized carbons (Fsp3) is 0.500. The van der Waals surface area contributed by atoms with Gasteiger partial charge in [-0.2, -0.15) is 0 Å². The fourth-order valence-corrected chi connectivity index (χ4v) is 2.32. The van der Waals surface area contributed by atoms with Crippen LogP contribution in [0.5, 0.6) is 5.75 Å². The maximum atomic E-state index is 11.9. The molecule has 0 aromatic heterocycles. The van der Waals surface area contributed by atoms with E-state index >= 15 is 0 Å². The summed E-state index contributed by atoms with van der Waals surface area (Å²) in [6, 6.07) is 6.85. The first-order valence-electron chi connectivity index (χ1n) is 8.06. The van der Waals surface area contributed by atoms with Gasteiger partial charge in [-0.3, -0.25) is 9.59 Å². The van der Waals surface area contributed by atoms with E-state index in [-0.39, 0.29) is 18.1 Å². The molecule has 1 rings (SSSR count). The molecular formula is C18H25NO5. The number of carboxylic acid groups (broad SMARTS) is 1. The Labute approximate surface area is 142 Å². The van der Waals surface area contributed by atoms with Gasteiger partial charge >= 0.3 is 5.97 Å². The molecule has 132 valence electrons. The molecule has 6 heteroatoms. The molecule has 0 heterocycles. The van der Waals surface area contributed by atoms with Crippen molar-refractivity contribution in [3.63, 3.8) is 0 Å². The number of carbonyl (C=O) groups is 3. The number of ketones is 1. The number of benzene rings is 1. The number of aliphatic carboxylic acids is 1. The number of nitrogens with one attached hydrogen (secondary N) is 1. The molecule has 0 radical (unpaired) electrons. The highest BCUT2D eigenvalue weighted by Crippen LogP contribution is 2.15. The molecule has 24 heavy (non-hydrogen) atoms. The number of hydrogen-bond acceptors (Lipinski definition) is 4. The second kappa shape index (κ2) is 9.05. The molecule has 1 atom stereocenters. The third-order valence-corrected chi connectivity index (χ3v) is 3.69.